The van der Waals surface area contributed by atoms with E-state index in [1.807, 2.05) is 5.32 Å². The van der Waals surface area contributed by atoms with Crippen molar-refractivity contribution in [1.82, 2.24) is 10.3 Å². The number of rotatable bonds is 6. The number of hydrogen-bond donors (Lipinski definition) is 3. The van der Waals surface area contributed by atoms with Crippen LogP contribution in [0.2, 0.25) is 0 Å². The highest BCUT2D eigenvalue weighted by Gasteiger charge is 2.31. The molecule has 9 nitrogen and oxygen atoms in total. The summed E-state index contributed by atoms with van der Waals surface area (Å²) in [6, 6.07) is -1.04. The first-order chi connectivity index (χ1) is 11.6. The predicted octanol–water partition coefficient (Wildman–Crippen LogP) is 1.18. The molecule has 1 rings (SSSR count). The number of aromatic nitrogens is 1. The zero-order chi connectivity index (χ0) is 19.3. The first-order valence-electron chi connectivity index (χ1n) is 7.77. The predicted molar refractivity (Wildman–Crippen MR) is 88.0 cm³/mol. The second-order valence-corrected chi connectivity index (χ2v) is 5.77. The zero-order valence-corrected chi connectivity index (χ0v) is 14.9. The van der Waals surface area contributed by atoms with E-state index in [9.17, 15) is 19.2 Å². The van der Waals surface area contributed by atoms with Gasteiger partial charge in [-0.1, -0.05) is 13.8 Å². The molecule has 1 aromatic heterocycles. The molecule has 0 saturated carbocycles. The monoisotopic (exact) mass is 353 g/mol. The van der Waals surface area contributed by atoms with Gasteiger partial charge in [0.25, 0.3) is 5.91 Å². The highest BCUT2D eigenvalue weighted by Crippen LogP contribution is 2.21. The molecule has 138 valence electrons. The number of nitrogens with two attached hydrogens (primary N) is 1. The molecule has 0 aromatic carbocycles. The van der Waals surface area contributed by atoms with Crippen LogP contribution in [-0.2, 0) is 14.3 Å². The highest BCUT2D eigenvalue weighted by molar-refractivity contribution is 6.01. The number of aromatic amines is 1. The average molecular weight is 353 g/mol. The topological polar surface area (TPSA) is 141 Å². The number of hydrogen-bond acceptors (Lipinski definition) is 6. The van der Waals surface area contributed by atoms with Gasteiger partial charge in [-0.15, -0.1) is 0 Å². The lowest BCUT2D eigenvalue weighted by Gasteiger charge is -2.20. The molecule has 25 heavy (non-hydrogen) atoms. The highest BCUT2D eigenvalue weighted by atomic mass is 16.5. The van der Waals surface area contributed by atoms with Crippen molar-refractivity contribution in [3.8, 4) is 0 Å². The number of ether oxygens (including phenoxy) is 2. The van der Waals surface area contributed by atoms with Crippen LogP contribution in [0.3, 0.4) is 0 Å². The molecule has 0 aliphatic carbocycles. The fraction of sp³-hybridized carbons (Fsp3) is 0.500. The molecular weight excluding hydrogens is 330 g/mol. The molecule has 9 heteroatoms. The third kappa shape index (κ3) is 4.82. The van der Waals surface area contributed by atoms with Crippen LogP contribution >= 0.6 is 0 Å². The fourth-order valence-electron chi connectivity index (χ4n) is 2.32. The number of urea groups is 1. The van der Waals surface area contributed by atoms with Gasteiger partial charge in [-0.3, -0.25) is 10.1 Å². The summed E-state index contributed by atoms with van der Waals surface area (Å²) in [4.78, 5) is 50.0. The van der Waals surface area contributed by atoms with Gasteiger partial charge in [0, 0.05) is 5.69 Å². The van der Waals surface area contributed by atoms with Crippen molar-refractivity contribution in [2.24, 2.45) is 11.7 Å². The third-order valence-electron chi connectivity index (χ3n) is 3.47. The Morgan fingerprint density at radius 2 is 1.76 bits per heavy atom. The van der Waals surface area contributed by atoms with Crippen molar-refractivity contribution in [3.05, 3.63) is 22.5 Å². The summed E-state index contributed by atoms with van der Waals surface area (Å²) in [5.41, 5.74) is 5.97. The maximum absolute atomic E-state index is 12.5. The normalized spacial score (nSPS) is 11.8. The molecular formula is C16H23N3O6. The SMILES string of the molecule is CCOC(=O)c1[nH]c(C)c(C(=O)O[C@@H](C(=O)NC(N)=O)C(C)C)c1C. The molecule has 1 atom stereocenters. The van der Waals surface area contributed by atoms with Crippen LogP contribution in [0.4, 0.5) is 4.79 Å². The Morgan fingerprint density at radius 3 is 2.24 bits per heavy atom. The molecule has 1 aromatic rings. The van der Waals surface area contributed by atoms with Crippen molar-refractivity contribution >= 4 is 23.9 Å². The summed E-state index contributed by atoms with van der Waals surface area (Å²) in [5.74, 6) is -2.59. The van der Waals surface area contributed by atoms with E-state index < -0.39 is 35.9 Å². The summed E-state index contributed by atoms with van der Waals surface area (Å²) < 4.78 is 10.2. The Balaban J connectivity index is 3.08. The summed E-state index contributed by atoms with van der Waals surface area (Å²) in [5, 5.41) is 1.89. The van der Waals surface area contributed by atoms with Crippen molar-refractivity contribution in [3.63, 3.8) is 0 Å². The van der Waals surface area contributed by atoms with Gasteiger partial charge in [-0.25, -0.2) is 14.4 Å². The molecule has 0 aliphatic rings. The van der Waals surface area contributed by atoms with E-state index in [2.05, 4.69) is 4.98 Å². The van der Waals surface area contributed by atoms with Crippen LogP contribution in [0.15, 0.2) is 0 Å². The minimum Gasteiger partial charge on any atom is -0.461 e. The fourth-order valence-corrected chi connectivity index (χ4v) is 2.32. The van der Waals surface area contributed by atoms with Crippen LogP contribution in [0.5, 0.6) is 0 Å². The van der Waals surface area contributed by atoms with Gasteiger partial charge in [-0.05, 0) is 32.3 Å². The van der Waals surface area contributed by atoms with E-state index in [4.69, 9.17) is 15.2 Å². The molecule has 0 spiro atoms. The average Bonchev–Trinajstić information content (AvgIpc) is 2.78. The van der Waals surface area contributed by atoms with Gasteiger partial charge in [0.1, 0.15) is 5.69 Å². The second-order valence-electron chi connectivity index (χ2n) is 5.77. The minimum absolute atomic E-state index is 0.139. The lowest BCUT2D eigenvalue weighted by molar-refractivity contribution is -0.130. The molecule has 0 aliphatic heterocycles. The van der Waals surface area contributed by atoms with E-state index in [1.165, 1.54) is 0 Å². The lowest BCUT2D eigenvalue weighted by atomic mass is 10.1. The summed E-state index contributed by atoms with van der Waals surface area (Å²) in [6.45, 7) is 8.33. The van der Waals surface area contributed by atoms with Crippen LogP contribution in [0, 0.1) is 19.8 Å². The Labute approximate surface area is 145 Å². The van der Waals surface area contributed by atoms with Crippen LogP contribution in [-0.4, -0.2) is 41.6 Å². The van der Waals surface area contributed by atoms with E-state index in [0.717, 1.165) is 0 Å². The van der Waals surface area contributed by atoms with Crippen molar-refractivity contribution in [1.29, 1.82) is 0 Å². The largest absolute Gasteiger partial charge is 0.461 e. The van der Waals surface area contributed by atoms with Gasteiger partial charge in [-0.2, -0.15) is 0 Å². The number of carbonyl (C=O) groups is 4. The van der Waals surface area contributed by atoms with Gasteiger partial charge in [0.05, 0.1) is 12.2 Å². The van der Waals surface area contributed by atoms with E-state index in [-0.39, 0.29) is 17.9 Å². The van der Waals surface area contributed by atoms with Gasteiger partial charge < -0.3 is 20.2 Å². The first kappa shape index (κ1) is 20.2. The molecule has 0 saturated heterocycles. The smallest absolute Gasteiger partial charge is 0.355 e. The molecule has 3 amide bonds. The number of amides is 3. The maximum atomic E-state index is 12.5. The molecule has 4 N–H and O–H groups in total. The van der Waals surface area contributed by atoms with Gasteiger partial charge >= 0.3 is 18.0 Å². The van der Waals surface area contributed by atoms with Crippen LogP contribution in [0.1, 0.15) is 52.9 Å². The molecule has 0 radical (unpaired) electrons. The standard InChI is InChI=1S/C16H23N3O6/c1-6-24-15(22)11-8(4)10(9(5)18-11)14(21)25-12(7(2)3)13(20)19-16(17)23/h7,12,18H,6H2,1-5H3,(H3,17,19,20,23)/t12-/m1/s1. The van der Waals surface area contributed by atoms with Gasteiger partial charge in [0.2, 0.25) is 0 Å². The molecule has 0 fully saturated rings. The summed E-state index contributed by atoms with van der Waals surface area (Å²) in [6.07, 6.45) is -1.21. The van der Waals surface area contributed by atoms with Crippen molar-refractivity contribution < 1.29 is 28.7 Å². The first-order valence-corrected chi connectivity index (χ1v) is 7.77. The van der Waals surface area contributed by atoms with Crippen LogP contribution < -0.4 is 11.1 Å². The third-order valence-corrected chi connectivity index (χ3v) is 3.47. The number of esters is 2. The lowest BCUT2D eigenvalue weighted by Crippen LogP contribution is -2.45. The second kappa shape index (κ2) is 8.32. The van der Waals surface area contributed by atoms with Crippen LogP contribution in [0.25, 0.3) is 0 Å². The number of primary amides is 1. The minimum atomic E-state index is -1.21. The Bertz CT molecular complexity index is 692. The maximum Gasteiger partial charge on any atom is 0.355 e. The quantitative estimate of drug-likeness (QED) is 0.656. The number of H-pyrrole nitrogens is 1. The number of carbonyl (C=O) groups excluding carboxylic acids is 4. The van der Waals surface area contributed by atoms with E-state index in [0.29, 0.717) is 11.3 Å². The molecule has 1 heterocycles. The van der Waals surface area contributed by atoms with E-state index >= 15 is 0 Å². The van der Waals surface area contributed by atoms with E-state index in [1.54, 1.807) is 34.6 Å². The Hall–Kier alpha value is -2.84. The number of imide groups is 1. The number of aryl methyl sites for hydroxylation is 1. The Kier molecular flexibility index (Phi) is 6.72. The number of nitrogens with one attached hydrogen (secondary N) is 2. The zero-order valence-electron chi connectivity index (χ0n) is 14.9. The summed E-state index contributed by atoms with van der Waals surface area (Å²) >= 11 is 0. The Morgan fingerprint density at radius 1 is 1.16 bits per heavy atom. The van der Waals surface area contributed by atoms with Gasteiger partial charge in [0.15, 0.2) is 6.10 Å². The molecule has 0 bridgehead atoms. The molecule has 0 unspecified atom stereocenters. The van der Waals surface area contributed by atoms with Crippen molar-refractivity contribution in [2.45, 2.75) is 40.7 Å². The summed E-state index contributed by atoms with van der Waals surface area (Å²) in [7, 11) is 0. The van der Waals surface area contributed by atoms with Crippen molar-refractivity contribution in [2.75, 3.05) is 6.61 Å².